The van der Waals surface area contributed by atoms with Gasteiger partial charge < -0.3 is 19.5 Å². The molecule has 3 rings (SSSR count). The second kappa shape index (κ2) is 8.85. The predicted octanol–water partition coefficient (Wildman–Crippen LogP) is 3.02. The maximum absolute atomic E-state index is 13.0. The van der Waals surface area contributed by atoms with Gasteiger partial charge in [0.2, 0.25) is 5.88 Å². The quantitative estimate of drug-likeness (QED) is 0.679. The first-order valence-electron chi connectivity index (χ1n) is 8.62. The van der Waals surface area contributed by atoms with Crippen molar-refractivity contribution in [2.24, 2.45) is 0 Å². The second-order valence-electron chi connectivity index (χ2n) is 5.84. The fourth-order valence-electron chi connectivity index (χ4n) is 2.81. The van der Waals surface area contributed by atoms with Gasteiger partial charge in [-0.05, 0) is 11.6 Å². The summed E-state index contributed by atoms with van der Waals surface area (Å²) < 4.78 is 15.7. The van der Waals surface area contributed by atoms with Gasteiger partial charge in [0.05, 0.1) is 27.4 Å². The molecule has 1 amide bonds. The van der Waals surface area contributed by atoms with Crippen molar-refractivity contribution in [1.82, 2.24) is 15.3 Å². The van der Waals surface area contributed by atoms with E-state index in [4.69, 9.17) is 14.2 Å². The lowest BCUT2D eigenvalue weighted by Gasteiger charge is -2.22. The summed E-state index contributed by atoms with van der Waals surface area (Å²) in [5, 5.41) is 3.02. The van der Waals surface area contributed by atoms with Crippen LogP contribution in [0.5, 0.6) is 17.6 Å². The van der Waals surface area contributed by atoms with Crippen LogP contribution in [0.1, 0.15) is 27.7 Å². The number of para-hydroxylation sites is 1. The lowest BCUT2D eigenvalue weighted by molar-refractivity contribution is 0.0935. The van der Waals surface area contributed by atoms with Crippen molar-refractivity contribution < 1.29 is 19.0 Å². The smallest absolute Gasteiger partial charge is 0.320 e. The molecule has 0 bridgehead atoms. The third-order valence-corrected chi connectivity index (χ3v) is 4.16. The molecule has 1 aromatic heterocycles. The summed E-state index contributed by atoms with van der Waals surface area (Å²) in [6, 6.07) is 18.3. The molecule has 7 nitrogen and oxygen atoms in total. The molecule has 0 fully saturated rings. The van der Waals surface area contributed by atoms with Crippen LogP contribution in [0, 0.1) is 0 Å². The minimum Gasteiger partial charge on any atom is -0.496 e. The largest absolute Gasteiger partial charge is 0.496 e. The molecule has 7 heteroatoms. The lowest BCUT2D eigenvalue weighted by Crippen LogP contribution is -2.30. The van der Waals surface area contributed by atoms with E-state index < -0.39 is 11.9 Å². The van der Waals surface area contributed by atoms with Gasteiger partial charge in [0, 0.05) is 11.6 Å². The number of methoxy groups -OCH3 is 3. The van der Waals surface area contributed by atoms with Crippen LogP contribution in [0.25, 0.3) is 0 Å². The van der Waals surface area contributed by atoms with Gasteiger partial charge in [0.1, 0.15) is 11.4 Å². The monoisotopic (exact) mass is 379 g/mol. The number of nitrogens with zero attached hydrogens (tertiary/aromatic N) is 2. The Morgan fingerprint density at radius 2 is 1.61 bits per heavy atom. The molecule has 1 heterocycles. The van der Waals surface area contributed by atoms with E-state index in [1.54, 1.807) is 7.11 Å². The second-order valence-corrected chi connectivity index (χ2v) is 5.84. The molecule has 1 unspecified atom stereocenters. The van der Waals surface area contributed by atoms with E-state index >= 15 is 0 Å². The van der Waals surface area contributed by atoms with Gasteiger partial charge in [-0.2, -0.15) is 9.97 Å². The highest BCUT2D eigenvalue weighted by Crippen LogP contribution is 2.30. The first-order chi connectivity index (χ1) is 13.7. The molecule has 28 heavy (non-hydrogen) atoms. The predicted molar refractivity (Wildman–Crippen MR) is 104 cm³/mol. The standard InChI is InChI=1S/C21H21N3O4/c1-26-17-12-8-7-11-15(17)19(14-9-5-4-6-10-14)24-20(25)16-13-18(27-2)23-21(22-16)28-3/h4-13,19H,1-3H3,(H,24,25). The Morgan fingerprint density at radius 3 is 2.29 bits per heavy atom. The van der Waals surface area contributed by atoms with Crippen molar-refractivity contribution in [3.8, 4) is 17.6 Å². The Hall–Kier alpha value is -3.61. The van der Waals surface area contributed by atoms with Crippen molar-refractivity contribution in [3.05, 3.63) is 77.5 Å². The molecule has 0 saturated carbocycles. The minimum absolute atomic E-state index is 0.0538. The molecule has 144 valence electrons. The number of benzene rings is 2. The van der Waals surface area contributed by atoms with Gasteiger partial charge in [-0.25, -0.2) is 0 Å². The molecule has 2 aromatic carbocycles. The van der Waals surface area contributed by atoms with Crippen LogP contribution >= 0.6 is 0 Å². The van der Waals surface area contributed by atoms with E-state index in [-0.39, 0.29) is 17.6 Å². The van der Waals surface area contributed by atoms with Crippen molar-refractivity contribution in [2.75, 3.05) is 21.3 Å². The van der Waals surface area contributed by atoms with Crippen molar-refractivity contribution in [1.29, 1.82) is 0 Å². The van der Waals surface area contributed by atoms with Crippen LogP contribution in [0.3, 0.4) is 0 Å². The molecule has 0 radical (unpaired) electrons. The zero-order valence-electron chi connectivity index (χ0n) is 15.9. The van der Waals surface area contributed by atoms with Crippen LogP contribution in [-0.4, -0.2) is 37.2 Å². The fraction of sp³-hybridized carbons (Fsp3) is 0.190. The van der Waals surface area contributed by atoms with Crippen LogP contribution in [0.4, 0.5) is 0 Å². The summed E-state index contributed by atoms with van der Waals surface area (Å²) in [6.07, 6.45) is 0. The summed E-state index contributed by atoms with van der Waals surface area (Å²) in [5.74, 6) is 0.527. The Labute approximate surface area is 163 Å². The van der Waals surface area contributed by atoms with Crippen molar-refractivity contribution in [2.45, 2.75) is 6.04 Å². The summed E-state index contributed by atoms with van der Waals surface area (Å²) in [4.78, 5) is 21.1. The van der Waals surface area contributed by atoms with E-state index in [0.29, 0.717) is 5.75 Å². The highest BCUT2D eigenvalue weighted by atomic mass is 16.5. The number of amides is 1. The van der Waals surface area contributed by atoms with Gasteiger partial charge in [0.15, 0.2) is 0 Å². The van der Waals surface area contributed by atoms with Crippen LogP contribution in [0.2, 0.25) is 0 Å². The fourth-order valence-corrected chi connectivity index (χ4v) is 2.81. The molecule has 0 aliphatic rings. The average Bonchev–Trinajstić information content (AvgIpc) is 2.77. The van der Waals surface area contributed by atoms with Gasteiger partial charge >= 0.3 is 6.01 Å². The molecule has 0 saturated heterocycles. The third-order valence-electron chi connectivity index (χ3n) is 4.16. The summed E-state index contributed by atoms with van der Waals surface area (Å²) in [7, 11) is 4.49. The minimum atomic E-state index is -0.434. The summed E-state index contributed by atoms with van der Waals surface area (Å²) in [5.41, 5.74) is 1.88. The molecule has 1 N–H and O–H groups in total. The van der Waals surface area contributed by atoms with E-state index in [1.165, 1.54) is 20.3 Å². The Bertz CT molecular complexity index is 925. The third kappa shape index (κ3) is 4.20. The SMILES string of the molecule is COc1cc(C(=O)NC(c2ccccc2)c2ccccc2OC)nc(OC)n1. The molecular formula is C21H21N3O4. The Kier molecular flexibility index (Phi) is 6.06. The van der Waals surface area contributed by atoms with Crippen molar-refractivity contribution >= 4 is 5.91 Å². The van der Waals surface area contributed by atoms with Crippen LogP contribution < -0.4 is 19.5 Å². The van der Waals surface area contributed by atoms with Gasteiger partial charge in [-0.3, -0.25) is 4.79 Å². The first kappa shape index (κ1) is 19.2. The molecule has 0 aliphatic carbocycles. The Morgan fingerprint density at radius 1 is 0.893 bits per heavy atom. The van der Waals surface area contributed by atoms with Gasteiger partial charge in [-0.15, -0.1) is 0 Å². The van der Waals surface area contributed by atoms with Crippen LogP contribution in [-0.2, 0) is 0 Å². The van der Waals surface area contributed by atoms with Gasteiger partial charge in [0.25, 0.3) is 5.91 Å². The number of hydrogen-bond acceptors (Lipinski definition) is 6. The van der Waals surface area contributed by atoms with Crippen LogP contribution in [0.15, 0.2) is 60.7 Å². The maximum atomic E-state index is 13.0. The molecule has 0 aliphatic heterocycles. The average molecular weight is 379 g/mol. The number of ether oxygens (including phenoxy) is 3. The van der Waals surface area contributed by atoms with E-state index in [1.807, 2.05) is 54.6 Å². The number of carbonyl (C=O) groups excluding carboxylic acids is 1. The zero-order chi connectivity index (χ0) is 19.9. The number of carbonyl (C=O) groups is 1. The number of aromatic nitrogens is 2. The number of hydrogen-bond donors (Lipinski definition) is 1. The van der Waals surface area contributed by atoms with E-state index in [0.717, 1.165) is 11.1 Å². The van der Waals surface area contributed by atoms with Crippen molar-refractivity contribution in [3.63, 3.8) is 0 Å². The summed E-state index contributed by atoms with van der Waals surface area (Å²) >= 11 is 0. The highest BCUT2D eigenvalue weighted by Gasteiger charge is 2.22. The zero-order valence-corrected chi connectivity index (χ0v) is 15.9. The highest BCUT2D eigenvalue weighted by molar-refractivity contribution is 5.93. The van der Waals surface area contributed by atoms with Gasteiger partial charge in [-0.1, -0.05) is 48.5 Å². The topological polar surface area (TPSA) is 82.6 Å². The Balaban J connectivity index is 2.00. The normalized spacial score (nSPS) is 11.4. The molecular weight excluding hydrogens is 358 g/mol. The molecule has 3 aromatic rings. The lowest BCUT2D eigenvalue weighted by atomic mass is 9.97. The molecule has 0 spiro atoms. The number of rotatable bonds is 7. The first-order valence-corrected chi connectivity index (χ1v) is 8.62. The maximum Gasteiger partial charge on any atom is 0.320 e. The van der Waals surface area contributed by atoms with E-state index in [2.05, 4.69) is 15.3 Å². The molecule has 1 atom stereocenters. The number of nitrogens with one attached hydrogen (secondary N) is 1. The van der Waals surface area contributed by atoms with E-state index in [9.17, 15) is 4.79 Å². The summed E-state index contributed by atoms with van der Waals surface area (Å²) in [6.45, 7) is 0.